The topological polar surface area (TPSA) is 86.8 Å². The van der Waals surface area contributed by atoms with Gasteiger partial charge in [0.05, 0.1) is 11.9 Å². The Kier molecular flexibility index (Phi) is 9.21. The fourth-order valence-electron chi connectivity index (χ4n) is 3.86. The van der Waals surface area contributed by atoms with Gasteiger partial charge in [0.1, 0.15) is 18.4 Å². The van der Waals surface area contributed by atoms with E-state index in [0.29, 0.717) is 28.8 Å². The van der Waals surface area contributed by atoms with Crippen molar-refractivity contribution in [2.45, 2.75) is 59.7 Å². The molecule has 0 aliphatic heterocycles. The molecule has 0 bridgehead atoms. The van der Waals surface area contributed by atoms with Crippen molar-refractivity contribution in [3.63, 3.8) is 0 Å². The van der Waals surface area contributed by atoms with Crippen molar-refractivity contribution in [2.75, 3.05) is 17.1 Å². The number of amides is 2. The van der Waals surface area contributed by atoms with E-state index in [0.717, 1.165) is 10.6 Å². The molecule has 2 aromatic rings. The van der Waals surface area contributed by atoms with Gasteiger partial charge in [-0.2, -0.15) is 0 Å². The van der Waals surface area contributed by atoms with Crippen LogP contribution in [0.1, 0.15) is 43.9 Å². The Balaban J connectivity index is 2.49. The normalized spacial score (nSPS) is 12.4. The monoisotopic (exact) mass is 491 g/mol. The molecular formula is C25H34FN3O4S. The van der Waals surface area contributed by atoms with E-state index >= 15 is 0 Å². The summed E-state index contributed by atoms with van der Waals surface area (Å²) in [7, 11) is -3.81. The predicted octanol–water partition coefficient (Wildman–Crippen LogP) is 3.54. The summed E-state index contributed by atoms with van der Waals surface area (Å²) in [6, 6.07) is 10.1. The van der Waals surface area contributed by atoms with Crippen molar-refractivity contribution in [1.82, 2.24) is 10.2 Å². The lowest BCUT2D eigenvalue weighted by Gasteiger charge is -2.33. The Hall–Kier alpha value is -2.94. The highest BCUT2D eigenvalue weighted by atomic mass is 32.2. The molecule has 2 rings (SSSR count). The van der Waals surface area contributed by atoms with Gasteiger partial charge in [0, 0.05) is 12.6 Å². The minimum atomic E-state index is -3.81. The SMILES string of the molecule is CC[C@H](C(=O)NC(C)C)N(Cc1ccc(F)cc1)C(=O)CN(c1c(C)cccc1C)S(C)(=O)=O. The van der Waals surface area contributed by atoms with Gasteiger partial charge < -0.3 is 10.2 Å². The lowest BCUT2D eigenvalue weighted by atomic mass is 10.1. The molecule has 2 aromatic carbocycles. The molecule has 1 N–H and O–H groups in total. The summed E-state index contributed by atoms with van der Waals surface area (Å²) in [5.41, 5.74) is 2.50. The number of carbonyl (C=O) groups is 2. The fraction of sp³-hybridized carbons (Fsp3) is 0.440. The van der Waals surface area contributed by atoms with E-state index in [9.17, 15) is 22.4 Å². The van der Waals surface area contributed by atoms with E-state index in [-0.39, 0.29) is 18.5 Å². The molecular weight excluding hydrogens is 457 g/mol. The van der Waals surface area contributed by atoms with Crippen LogP contribution in [0, 0.1) is 19.7 Å². The Bertz CT molecular complexity index is 1100. The van der Waals surface area contributed by atoms with E-state index in [2.05, 4.69) is 5.32 Å². The largest absolute Gasteiger partial charge is 0.352 e. The van der Waals surface area contributed by atoms with E-state index in [1.165, 1.54) is 17.0 Å². The maximum atomic E-state index is 13.6. The van der Waals surface area contributed by atoms with Crippen LogP contribution in [0.3, 0.4) is 0 Å². The predicted molar refractivity (Wildman–Crippen MR) is 132 cm³/mol. The molecule has 7 nitrogen and oxygen atoms in total. The zero-order valence-corrected chi connectivity index (χ0v) is 21.4. The molecule has 0 radical (unpaired) electrons. The minimum absolute atomic E-state index is 0.0352. The van der Waals surface area contributed by atoms with Crippen LogP contribution in [0.15, 0.2) is 42.5 Å². The summed E-state index contributed by atoms with van der Waals surface area (Å²) in [4.78, 5) is 27.9. The maximum Gasteiger partial charge on any atom is 0.244 e. The Morgan fingerprint density at radius 3 is 2.06 bits per heavy atom. The highest BCUT2D eigenvalue weighted by molar-refractivity contribution is 7.92. The standard InChI is InChI=1S/C25H34FN3O4S/c1-7-22(25(31)27-17(2)3)28(15-20-11-13-21(26)14-12-20)23(30)16-29(34(6,32)33)24-18(4)9-8-10-19(24)5/h8-14,17,22H,7,15-16H2,1-6H3,(H,27,31)/t22-/m1/s1. The van der Waals surface area contributed by atoms with Crippen LogP contribution in [0.5, 0.6) is 0 Å². The van der Waals surface area contributed by atoms with Crippen molar-refractivity contribution < 1.29 is 22.4 Å². The molecule has 0 spiro atoms. The second-order valence-electron chi connectivity index (χ2n) is 8.75. The number of aryl methyl sites for hydroxylation is 2. The first-order valence-corrected chi connectivity index (χ1v) is 13.1. The van der Waals surface area contributed by atoms with Gasteiger partial charge in [-0.1, -0.05) is 37.3 Å². The lowest BCUT2D eigenvalue weighted by Crippen LogP contribution is -2.53. The molecule has 186 valence electrons. The van der Waals surface area contributed by atoms with Crippen LogP contribution in [0.2, 0.25) is 0 Å². The molecule has 9 heteroatoms. The molecule has 0 aromatic heterocycles. The van der Waals surface area contributed by atoms with Crippen molar-refractivity contribution in [3.8, 4) is 0 Å². The molecule has 0 saturated heterocycles. The molecule has 34 heavy (non-hydrogen) atoms. The Morgan fingerprint density at radius 2 is 1.59 bits per heavy atom. The van der Waals surface area contributed by atoms with Gasteiger partial charge in [0.15, 0.2) is 0 Å². The number of para-hydroxylation sites is 1. The molecule has 0 unspecified atom stereocenters. The summed E-state index contributed by atoms with van der Waals surface area (Å²) in [6.07, 6.45) is 1.38. The molecule has 1 atom stereocenters. The van der Waals surface area contributed by atoms with Crippen molar-refractivity contribution in [2.24, 2.45) is 0 Å². The number of sulfonamides is 1. The van der Waals surface area contributed by atoms with E-state index in [1.54, 1.807) is 45.0 Å². The first-order valence-electron chi connectivity index (χ1n) is 11.2. The molecule has 2 amide bonds. The van der Waals surface area contributed by atoms with Gasteiger partial charge in [-0.05, 0) is 62.9 Å². The number of hydrogen-bond acceptors (Lipinski definition) is 4. The second kappa shape index (κ2) is 11.5. The van der Waals surface area contributed by atoms with E-state index in [1.807, 2.05) is 19.9 Å². The smallest absolute Gasteiger partial charge is 0.244 e. The van der Waals surface area contributed by atoms with Gasteiger partial charge in [-0.25, -0.2) is 12.8 Å². The van der Waals surface area contributed by atoms with E-state index in [4.69, 9.17) is 0 Å². The zero-order valence-electron chi connectivity index (χ0n) is 20.6. The quantitative estimate of drug-likeness (QED) is 0.551. The van der Waals surface area contributed by atoms with Gasteiger partial charge >= 0.3 is 0 Å². The van der Waals surface area contributed by atoms with Crippen LogP contribution in [-0.2, 0) is 26.2 Å². The van der Waals surface area contributed by atoms with Crippen LogP contribution in [0.25, 0.3) is 0 Å². The Morgan fingerprint density at radius 1 is 1.03 bits per heavy atom. The van der Waals surface area contributed by atoms with Gasteiger partial charge in [0.25, 0.3) is 0 Å². The average Bonchev–Trinajstić information content (AvgIpc) is 2.72. The summed E-state index contributed by atoms with van der Waals surface area (Å²) in [6.45, 7) is 8.57. The number of anilines is 1. The van der Waals surface area contributed by atoms with Crippen LogP contribution >= 0.6 is 0 Å². The van der Waals surface area contributed by atoms with Crippen LogP contribution < -0.4 is 9.62 Å². The van der Waals surface area contributed by atoms with Crippen molar-refractivity contribution in [3.05, 3.63) is 65.0 Å². The first kappa shape index (κ1) is 27.3. The van der Waals surface area contributed by atoms with E-state index < -0.39 is 34.3 Å². The molecule has 0 aliphatic rings. The van der Waals surface area contributed by atoms with Crippen molar-refractivity contribution in [1.29, 1.82) is 0 Å². The first-order chi connectivity index (χ1) is 15.8. The second-order valence-corrected chi connectivity index (χ2v) is 10.7. The summed E-state index contributed by atoms with van der Waals surface area (Å²) in [5.74, 6) is -1.27. The van der Waals surface area contributed by atoms with Gasteiger partial charge in [0.2, 0.25) is 21.8 Å². The van der Waals surface area contributed by atoms with Gasteiger partial charge in [-0.3, -0.25) is 13.9 Å². The third-order valence-electron chi connectivity index (χ3n) is 5.45. The molecule has 0 aliphatic carbocycles. The third kappa shape index (κ3) is 7.03. The zero-order chi connectivity index (χ0) is 25.6. The highest BCUT2D eigenvalue weighted by Gasteiger charge is 2.32. The fourth-order valence-corrected chi connectivity index (χ4v) is 4.83. The number of nitrogens with one attached hydrogen (secondary N) is 1. The van der Waals surface area contributed by atoms with Gasteiger partial charge in [-0.15, -0.1) is 0 Å². The minimum Gasteiger partial charge on any atom is -0.352 e. The number of halogens is 1. The molecule has 0 heterocycles. The number of benzene rings is 2. The number of nitrogens with zero attached hydrogens (tertiary/aromatic N) is 2. The molecule has 0 fully saturated rings. The summed E-state index contributed by atoms with van der Waals surface area (Å²) >= 11 is 0. The lowest BCUT2D eigenvalue weighted by molar-refractivity contribution is -0.140. The third-order valence-corrected chi connectivity index (χ3v) is 6.56. The Labute approximate surface area is 202 Å². The number of rotatable bonds is 10. The van der Waals surface area contributed by atoms with Crippen LogP contribution in [-0.4, -0.2) is 50.0 Å². The summed E-state index contributed by atoms with van der Waals surface area (Å²) < 4.78 is 40.0. The van der Waals surface area contributed by atoms with Crippen molar-refractivity contribution >= 4 is 27.5 Å². The molecule has 0 saturated carbocycles. The maximum absolute atomic E-state index is 13.6. The highest BCUT2D eigenvalue weighted by Crippen LogP contribution is 2.27. The average molecular weight is 492 g/mol. The summed E-state index contributed by atoms with van der Waals surface area (Å²) in [5, 5.41) is 2.83. The number of hydrogen-bond donors (Lipinski definition) is 1. The van der Waals surface area contributed by atoms with Crippen LogP contribution in [0.4, 0.5) is 10.1 Å². The number of carbonyl (C=O) groups excluding carboxylic acids is 2.